The van der Waals surface area contributed by atoms with Crippen molar-refractivity contribution in [2.45, 2.75) is 33.1 Å². The summed E-state index contributed by atoms with van der Waals surface area (Å²) in [7, 11) is 0. The summed E-state index contributed by atoms with van der Waals surface area (Å²) < 4.78 is 0. The van der Waals surface area contributed by atoms with Gasteiger partial charge < -0.3 is 0 Å². The minimum Gasteiger partial charge on any atom is -0.256 e. The van der Waals surface area contributed by atoms with Gasteiger partial charge in [0.15, 0.2) is 0 Å². The van der Waals surface area contributed by atoms with E-state index in [-0.39, 0.29) is 0 Å². The van der Waals surface area contributed by atoms with Crippen molar-refractivity contribution < 1.29 is 0 Å². The fourth-order valence-electron chi connectivity index (χ4n) is 2.72. The first-order chi connectivity index (χ1) is 9.15. The fourth-order valence-corrected chi connectivity index (χ4v) is 2.72. The highest BCUT2D eigenvalue weighted by atomic mass is 14.7. The van der Waals surface area contributed by atoms with E-state index in [2.05, 4.69) is 62.2 Å². The van der Waals surface area contributed by atoms with E-state index >= 15 is 0 Å². The Kier molecular flexibility index (Phi) is 2.98. The van der Waals surface area contributed by atoms with Crippen LogP contribution in [0.3, 0.4) is 0 Å². The van der Waals surface area contributed by atoms with E-state index in [1.54, 1.807) is 0 Å². The van der Waals surface area contributed by atoms with Crippen molar-refractivity contribution in [1.82, 2.24) is 4.98 Å². The molecule has 0 saturated heterocycles. The average molecular weight is 249 g/mol. The topological polar surface area (TPSA) is 12.9 Å². The molecule has 0 bridgehead atoms. The van der Waals surface area contributed by atoms with Gasteiger partial charge in [-0.15, -0.1) is 0 Å². The summed E-state index contributed by atoms with van der Waals surface area (Å²) in [5, 5.41) is 0. The zero-order valence-electron chi connectivity index (χ0n) is 11.8. The van der Waals surface area contributed by atoms with Gasteiger partial charge in [0.2, 0.25) is 0 Å². The maximum Gasteiger partial charge on any atom is 0.0665 e. The third-order valence-corrected chi connectivity index (χ3v) is 3.79. The van der Waals surface area contributed by atoms with Crippen molar-refractivity contribution in [1.29, 1.82) is 0 Å². The van der Waals surface area contributed by atoms with Crippen LogP contribution in [0.2, 0.25) is 0 Å². The minimum atomic E-state index is 0.566. The molecule has 1 aromatic heterocycles. The molecule has 0 aliphatic heterocycles. The van der Waals surface area contributed by atoms with Gasteiger partial charge in [-0.3, -0.25) is 4.98 Å². The number of rotatable bonds is 2. The van der Waals surface area contributed by atoms with E-state index in [4.69, 9.17) is 0 Å². The Labute approximate surface area is 115 Å². The van der Waals surface area contributed by atoms with Gasteiger partial charge in [-0.2, -0.15) is 0 Å². The molecule has 1 nitrogen and oxygen atoms in total. The van der Waals surface area contributed by atoms with E-state index in [0.29, 0.717) is 5.92 Å². The SMILES string of the molecule is Cc1ccc(C2=Cc3c(cccc3C(C)C)C2)nc1. The molecule has 1 aromatic carbocycles. The standard InChI is InChI=1S/C18H19N/c1-12(2)16-6-4-5-14-9-15(10-17(14)16)18-8-7-13(3)11-19-18/h4-8,10-12H,9H2,1-3H3. The second-order valence-electron chi connectivity index (χ2n) is 5.64. The van der Waals surface area contributed by atoms with Crippen molar-refractivity contribution in [2.24, 2.45) is 0 Å². The molecule has 0 spiro atoms. The number of aromatic nitrogens is 1. The van der Waals surface area contributed by atoms with Crippen LogP contribution in [0.4, 0.5) is 0 Å². The van der Waals surface area contributed by atoms with Crippen LogP contribution in [0.25, 0.3) is 11.6 Å². The Bertz CT molecular complexity index is 633. The lowest BCUT2D eigenvalue weighted by Crippen LogP contribution is -1.93. The molecule has 0 amide bonds. The summed E-state index contributed by atoms with van der Waals surface area (Å²) in [4.78, 5) is 4.55. The summed E-state index contributed by atoms with van der Waals surface area (Å²) in [5.41, 5.74) is 7.94. The quantitative estimate of drug-likeness (QED) is 0.757. The Morgan fingerprint density at radius 3 is 2.63 bits per heavy atom. The molecule has 3 rings (SSSR count). The van der Waals surface area contributed by atoms with Crippen molar-refractivity contribution in [2.75, 3.05) is 0 Å². The summed E-state index contributed by atoms with van der Waals surface area (Å²) in [6.07, 6.45) is 5.27. The van der Waals surface area contributed by atoms with Crippen molar-refractivity contribution in [3.8, 4) is 0 Å². The van der Waals surface area contributed by atoms with Gasteiger partial charge in [-0.05, 0) is 52.8 Å². The molecule has 19 heavy (non-hydrogen) atoms. The largest absolute Gasteiger partial charge is 0.256 e. The smallest absolute Gasteiger partial charge is 0.0665 e. The van der Waals surface area contributed by atoms with Crippen molar-refractivity contribution in [3.05, 3.63) is 64.5 Å². The van der Waals surface area contributed by atoms with Crippen molar-refractivity contribution >= 4 is 11.6 Å². The van der Waals surface area contributed by atoms with Crippen LogP contribution < -0.4 is 0 Å². The van der Waals surface area contributed by atoms with Crippen LogP contribution in [0.5, 0.6) is 0 Å². The van der Waals surface area contributed by atoms with Gasteiger partial charge >= 0.3 is 0 Å². The van der Waals surface area contributed by atoms with E-state index in [1.807, 2.05) is 6.20 Å². The first kappa shape index (κ1) is 12.2. The Morgan fingerprint density at radius 2 is 1.95 bits per heavy atom. The van der Waals surface area contributed by atoms with E-state index < -0.39 is 0 Å². The number of nitrogens with zero attached hydrogens (tertiary/aromatic N) is 1. The van der Waals surface area contributed by atoms with Gasteiger partial charge in [0.1, 0.15) is 0 Å². The van der Waals surface area contributed by atoms with Gasteiger partial charge in [-0.25, -0.2) is 0 Å². The molecule has 0 unspecified atom stereocenters. The number of pyridine rings is 1. The molecule has 1 heterocycles. The average Bonchev–Trinajstić information content (AvgIpc) is 2.82. The second-order valence-corrected chi connectivity index (χ2v) is 5.64. The summed E-state index contributed by atoms with van der Waals surface area (Å²) in [6.45, 7) is 6.59. The molecule has 0 N–H and O–H groups in total. The van der Waals surface area contributed by atoms with E-state index in [1.165, 1.54) is 27.8 Å². The third kappa shape index (κ3) is 2.21. The molecule has 0 radical (unpaired) electrons. The van der Waals surface area contributed by atoms with Crippen LogP contribution in [-0.4, -0.2) is 4.98 Å². The lowest BCUT2D eigenvalue weighted by Gasteiger charge is -2.10. The van der Waals surface area contributed by atoms with Crippen LogP contribution in [-0.2, 0) is 6.42 Å². The Morgan fingerprint density at radius 1 is 1.11 bits per heavy atom. The maximum atomic E-state index is 4.55. The highest BCUT2D eigenvalue weighted by Gasteiger charge is 2.18. The lowest BCUT2D eigenvalue weighted by atomic mass is 9.95. The maximum absolute atomic E-state index is 4.55. The summed E-state index contributed by atoms with van der Waals surface area (Å²) in [5.74, 6) is 0.566. The third-order valence-electron chi connectivity index (χ3n) is 3.79. The predicted molar refractivity (Wildman–Crippen MR) is 81.1 cm³/mol. The van der Waals surface area contributed by atoms with Crippen molar-refractivity contribution in [3.63, 3.8) is 0 Å². The molecule has 0 atom stereocenters. The minimum absolute atomic E-state index is 0.566. The summed E-state index contributed by atoms with van der Waals surface area (Å²) in [6, 6.07) is 10.9. The monoisotopic (exact) mass is 249 g/mol. The first-order valence-electron chi connectivity index (χ1n) is 6.90. The Hall–Kier alpha value is -1.89. The van der Waals surface area contributed by atoms with Gasteiger partial charge in [0.05, 0.1) is 5.69 Å². The van der Waals surface area contributed by atoms with Crippen LogP contribution in [0.15, 0.2) is 36.5 Å². The molecule has 1 aliphatic rings. The number of hydrogen-bond donors (Lipinski definition) is 0. The first-order valence-corrected chi connectivity index (χ1v) is 6.90. The molecule has 1 heteroatoms. The number of aryl methyl sites for hydroxylation is 1. The number of hydrogen-bond acceptors (Lipinski definition) is 1. The summed E-state index contributed by atoms with van der Waals surface area (Å²) >= 11 is 0. The normalized spacial score (nSPS) is 13.6. The molecular formula is C18H19N. The fraction of sp³-hybridized carbons (Fsp3) is 0.278. The van der Waals surface area contributed by atoms with Crippen LogP contribution in [0.1, 0.15) is 47.7 Å². The highest BCUT2D eigenvalue weighted by Crippen LogP contribution is 2.35. The van der Waals surface area contributed by atoms with Gasteiger partial charge in [-0.1, -0.05) is 38.1 Å². The molecule has 0 saturated carbocycles. The zero-order chi connectivity index (χ0) is 13.4. The highest BCUT2D eigenvalue weighted by molar-refractivity contribution is 5.88. The number of allylic oxidation sites excluding steroid dienone is 1. The van der Waals surface area contributed by atoms with E-state index in [0.717, 1.165) is 12.1 Å². The predicted octanol–water partition coefficient (Wildman–Crippen LogP) is 4.61. The molecule has 0 fully saturated rings. The lowest BCUT2D eigenvalue weighted by molar-refractivity contribution is 0.862. The van der Waals surface area contributed by atoms with E-state index in [9.17, 15) is 0 Å². The van der Waals surface area contributed by atoms with Crippen LogP contribution >= 0.6 is 0 Å². The number of fused-ring (bicyclic) bond motifs is 1. The second kappa shape index (κ2) is 4.65. The molecular weight excluding hydrogens is 230 g/mol. The van der Waals surface area contributed by atoms with Gasteiger partial charge in [0.25, 0.3) is 0 Å². The molecule has 96 valence electrons. The Balaban J connectivity index is 2.02. The number of benzene rings is 1. The zero-order valence-corrected chi connectivity index (χ0v) is 11.8. The molecule has 2 aromatic rings. The van der Waals surface area contributed by atoms with Crippen LogP contribution in [0, 0.1) is 6.92 Å². The van der Waals surface area contributed by atoms with Gasteiger partial charge in [0, 0.05) is 12.6 Å². The molecule has 1 aliphatic carbocycles.